The number of piperidine rings is 1. The van der Waals surface area contributed by atoms with Gasteiger partial charge in [-0.1, -0.05) is 67.6 Å². The third-order valence-electron chi connectivity index (χ3n) is 7.06. The van der Waals surface area contributed by atoms with Gasteiger partial charge in [0.1, 0.15) is 13.2 Å². The van der Waals surface area contributed by atoms with Gasteiger partial charge in [-0.25, -0.2) is 0 Å². The maximum Gasteiger partial charge on any atom is 0.162 e. The first-order chi connectivity index (χ1) is 16.2. The molecule has 2 aliphatic rings. The number of hydrogen-bond acceptors (Lipinski definition) is 4. The van der Waals surface area contributed by atoms with Crippen LogP contribution in [0, 0.1) is 0 Å². The molecule has 33 heavy (non-hydrogen) atoms. The normalized spacial score (nSPS) is 22.3. The molecule has 0 saturated carbocycles. The monoisotopic (exact) mass is 443 g/mol. The standard InChI is InChI=1S/C29H33NO3/c1-2-24-16-25(31)17-27-26-18-29(33-20-22-11-7-4-8-12-22)28(15-23(26)13-14-30(24)27)32-19-21-9-5-3-6-10-21/h3-12,15,18,24-25,27,31H,2,13-14,16-17,19-20H2,1H3/t24-,25-,27+/m1/s1. The summed E-state index contributed by atoms with van der Waals surface area (Å²) in [5, 5.41) is 10.6. The van der Waals surface area contributed by atoms with E-state index in [0.29, 0.717) is 19.3 Å². The summed E-state index contributed by atoms with van der Waals surface area (Å²) < 4.78 is 12.6. The van der Waals surface area contributed by atoms with E-state index in [2.05, 4.69) is 48.2 Å². The van der Waals surface area contributed by atoms with Crippen LogP contribution in [0.4, 0.5) is 0 Å². The Morgan fingerprint density at radius 3 is 2.06 bits per heavy atom. The van der Waals surface area contributed by atoms with E-state index in [4.69, 9.17) is 9.47 Å². The highest BCUT2D eigenvalue weighted by Crippen LogP contribution is 2.44. The zero-order chi connectivity index (χ0) is 22.6. The molecular weight excluding hydrogens is 410 g/mol. The molecule has 2 aliphatic heterocycles. The molecule has 0 aromatic heterocycles. The summed E-state index contributed by atoms with van der Waals surface area (Å²) in [4.78, 5) is 2.60. The lowest BCUT2D eigenvalue weighted by molar-refractivity contribution is -0.00695. The van der Waals surface area contributed by atoms with Crippen molar-refractivity contribution in [1.29, 1.82) is 0 Å². The average molecular weight is 444 g/mol. The fraction of sp³-hybridized carbons (Fsp3) is 0.379. The van der Waals surface area contributed by atoms with Gasteiger partial charge in [0.05, 0.1) is 6.10 Å². The number of aliphatic hydroxyl groups excluding tert-OH is 1. The molecule has 0 spiro atoms. The molecule has 172 valence electrons. The van der Waals surface area contributed by atoms with E-state index < -0.39 is 0 Å². The summed E-state index contributed by atoms with van der Waals surface area (Å²) in [6, 6.07) is 25.5. The van der Waals surface area contributed by atoms with E-state index in [1.54, 1.807) is 0 Å². The molecule has 5 rings (SSSR count). The van der Waals surface area contributed by atoms with Gasteiger partial charge in [0.25, 0.3) is 0 Å². The van der Waals surface area contributed by atoms with Gasteiger partial charge in [-0.3, -0.25) is 4.90 Å². The van der Waals surface area contributed by atoms with Crippen LogP contribution in [-0.4, -0.2) is 28.7 Å². The van der Waals surface area contributed by atoms with Crippen LogP contribution in [0.5, 0.6) is 11.5 Å². The van der Waals surface area contributed by atoms with Gasteiger partial charge in [-0.2, -0.15) is 0 Å². The molecule has 0 aliphatic carbocycles. The van der Waals surface area contributed by atoms with Crippen molar-refractivity contribution in [2.75, 3.05) is 6.54 Å². The Morgan fingerprint density at radius 2 is 1.45 bits per heavy atom. The minimum Gasteiger partial charge on any atom is -0.485 e. The molecule has 3 aromatic carbocycles. The van der Waals surface area contributed by atoms with Crippen LogP contribution >= 0.6 is 0 Å². The lowest BCUT2D eigenvalue weighted by Gasteiger charge is -2.47. The topological polar surface area (TPSA) is 41.9 Å². The number of fused-ring (bicyclic) bond motifs is 3. The molecule has 4 heteroatoms. The van der Waals surface area contributed by atoms with E-state index in [1.807, 2.05) is 36.4 Å². The molecule has 0 radical (unpaired) electrons. The molecule has 0 bridgehead atoms. The van der Waals surface area contributed by atoms with Crippen LogP contribution in [0.3, 0.4) is 0 Å². The fourth-order valence-electron chi connectivity index (χ4n) is 5.33. The van der Waals surface area contributed by atoms with Gasteiger partial charge >= 0.3 is 0 Å². The molecule has 3 aromatic rings. The first kappa shape index (κ1) is 22.0. The largest absolute Gasteiger partial charge is 0.485 e. The molecule has 0 unspecified atom stereocenters. The summed E-state index contributed by atoms with van der Waals surface area (Å²) in [5.41, 5.74) is 4.87. The fourth-order valence-corrected chi connectivity index (χ4v) is 5.33. The summed E-state index contributed by atoms with van der Waals surface area (Å²) in [7, 11) is 0. The highest BCUT2D eigenvalue weighted by molar-refractivity contribution is 5.50. The van der Waals surface area contributed by atoms with Gasteiger partial charge in [0.15, 0.2) is 11.5 Å². The maximum absolute atomic E-state index is 10.6. The van der Waals surface area contributed by atoms with Crippen LogP contribution in [0.15, 0.2) is 72.8 Å². The van der Waals surface area contributed by atoms with Crippen molar-refractivity contribution in [3.05, 3.63) is 95.1 Å². The first-order valence-corrected chi connectivity index (χ1v) is 12.2. The van der Waals surface area contributed by atoms with Gasteiger partial charge in [-0.05, 0) is 60.1 Å². The molecule has 1 N–H and O–H groups in total. The highest BCUT2D eigenvalue weighted by atomic mass is 16.5. The van der Waals surface area contributed by atoms with Gasteiger partial charge < -0.3 is 14.6 Å². The SMILES string of the molecule is CC[C@@H]1C[C@@H](O)C[C@H]2c3cc(OCc4ccccc4)c(OCc4ccccc4)cc3CCN12. The Hall–Kier alpha value is -2.82. The van der Waals surface area contributed by atoms with Crippen molar-refractivity contribution in [3.8, 4) is 11.5 Å². The van der Waals surface area contributed by atoms with E-state index in [9.17, 15) is 5.11 Å². The molecule has 3 atom stereocenters. The van der Waals surface area contributed by atoms with E-state index >= 15 is 0 Å². The van der Waals surface area contributed by atoms with Crippen molar-refractivity contribution in [1.82, 2.24) is 4.90 Å². The van der Waals surface area contributed by atoms with E-state index in [-0.39, 0.29) is 12.1 Å². The van der Waals surface area contributed by atoms with Crippen molar-refractivity contribution in [2.45, 2.75) is 64.0 Å². The molecule has 1 saturated heterocycles. The Morgan fingerprint density at radius 1 is 0.848 bits per heavy atom. The highest BCUT2D eigenvalue weighted by Gasteiger charge is 2.38. The number of rotatable bonds is 7. The molecular formula is C29H33NO3. The summed E-state index contributed by atoms with van der Waals surface area (Å²) in [5.74, 6) is 1.58. The Balaban J connectivity index is 1.45. The number of aliphatic hydroxyl groups is 1. The van der Waals surface area contributed by atoms with Gasteiger partial charge in [-0.15, -0.1) is 0 Å². The number of hydrogen-bond donors (Lipinski definition) is 1. The molecule has 0 amide bonds. The third-order valence-corrected chi connectivity index (χ3v) is 7.06. The van der Waals surface area contributed by atoms with Crippen LogP contribution in [0.25, 0.3) is 0 Å². The number of ether oxygens (including phenoxy) is 2. The zero-order valence-electron chi connectivity index (χ0n) is 19.3. The second-order valence-electron chi connectivity index (χ2n) is 9.24. The van der Waals surface area contributed by atoms with Crippen LogP contribution in [-0.2, 0) is 19.6 Å². The lowest BCUT2D eigenvalue weighted by atomic mass is 9.82. The summed E-state index contributed by atoms with van der Waals surface area (Å²) >= 11 is 0. The average Bonchev–Trinajstić information content (AvgIpc) is 2.86. The molecule has 1 fully saturated rings. The van der Waals surface area contributed by atoms with Crippen molar-refractivity contribution < 1.29 is 14.6 Å². The van der Waals surface area contributed by atoms with Gasteiger partial charge in [0, 0.05) is 18.6 Å². The first-order valence-electron chi connectivity index (χ1n) is 12.2. The molecule has 2 heterocycles. The predicted octanol–water partition coefficient (Wildman–Crippen LogP) is 5.68. The number of nitrogens with zero attached hydrogens (tertiary/aromatic N) is 1. The molecule has 4 nitrogen and oxygen atoms in total. The number of benzene rings is 3. The van der Waals surface area contributed by atoms with Crippen molar-refractivity contribution in [3.63, 3.8) is 0 Å². The van der Waals surface area contributed by atoms with Gasteiger partial charge in [0.2, 0.25) is 0 Å². The Bertz CT molecular complexity index is 1050. The Kier molecular flexibility index (Phi) is 6.65. The van der Waals surface area contributed by atoms with E-state index in [0.717, 1.165) is 54.9 Å². The minimum absolute atomic E-state index is 0.240. The summed E-state index contributed by atoms with van der Waals surface area (Å²) in [6.45, 7) is 4.26. The second kappa shape index (κ2) is 9.98. The summed E-state index contributed by atoms with van der Waals surface area (Å²) in [6.07, 6.45) is 3.48. The quantitative estimate of drug-likeness (QED) is 0.510. The zero-order valence-corrected chi connectivity index (χ0v) is 19.3. The van der Waals surface area contributed by atoms with Crippen LogP contribution in [0.1, 0.15) is 54.5 Å². The van der Waals surface area contributed by atoms with Crippen LogP contribution < -0.4 is 9.47 Å². The van der Waals surface area contributed by atoms with Crippen LogP contribution in [0.2, 0.25) is 0 Å². The maximum atomic E-state index is 10.6. The lowest BCUT2D eigenvalue weighted by Crippen LogP contribution is -2.49. The minimum atomic E-state index is -0.246. The second-order valence-corrected chi connectivity index (χ2v) is 9.24. The Labute approximate surface area is 196 Å². The third kappa shape index (κ3) is 4.92. The van der Waals surface area contributed by atoms with E-state index in [1.165, 1.54) is 11.1 Å². The van der Waals surface area contributed by atoms with Crippen molar-refractivity contribution >= 4 is 0 Å². The van der Waals surface area contributed by atoms with Crippen molar-refractivity contribution in [2.24, 2.45) is 0 Å². The predicted molar refractivity (Wildman–Crippen MR) is 130 cm³/mol. The smallest absolute Gasteiger partial charge is 0.162 e.